The average molecular weight is 719 g/mol. The van der Waals surface area contributed by atoms with Crippen LogP contribution in [0.1, 0.15) is 161 Å². The number of halogens is 2. The van der Waals surface area contributed by atoms with E-state index in [1.807, 2.05) is 5.57 Å². The summed E-state index contributed by atoms with van der Waals surface area (Å²) in [6.45, 7) is 2.69. The Bertz CT molecular complexity index is 685. The Morgan fingerprint density at radius 1 is 0.500 bits per heavy atom. The molecule has 0 aromatic carbocycles. The van der Waals surface area contributed by atoms with Gasteiger partial charge in [-0.3, -0.25) is 0 Å². The Labute approximate surface area is 266 Å². The van der Waals surface area contributed by atoms with Crippen LogP contribution in [0.5, 0.6) is 0 Å². The molecule has 0 radical (unpaired) electrons. The van der Waals surface area contributed by atoms with Crippen molar-refractivity contribution in [2.24, 2.45) is 0 Å². The molecule has 0 nitrogen and oxygen atoms in total. The molecule has 6 fully saturated rings. The van der Waals surface area contributed by atoms with E-state index in [1.54, 1.807) is 166 Å². The van der Waals surface area contributed by atoms with Crippen LogP contribution in [0.2, 0.25) is 0 Å². The first-order valence-electron chi connectivity index (χ1n) is 18.2. The summed E-state index contributed by atoms with van der Waals surface area (Å²) in [6.07, 6.45) is 44.8. The van der Waals surface area contributed by atoms with Crippen LogP contribution in [0.4, 0.5) is 0 Å². The third kappa shape index (κ3) is 7.27. The van der Waals surface area contributed by atoms with Gasteiger partial charge in [0, 0.05) is 0 Å². The van der Waals surface area contributed by atoms with Gasteiger partial charge < -0.3 is 0 Å². The zero-order chi connectivity index (χ0) is 27.8. The normalized spacial score (nSPS) is 28.2. The van der Waals surface area contributed by atoms with Crippen LogP contribution in [-0.4, -0.2) is 46.3 Å². The van der Waals surface area contributed by atoms with Crippen LogP contribution in [0, 0.1) is 0 Å². The third-order valence-corrected chi connectivity index (χ3v) is 28.7. The van der Waals surface area contributed by atoms with Crippen LogP contribution >= 0.6 is 33.9 Å². The maximum atomic E-state index is 4.85. The molecule has 0 N–H and O–H groups in total. The van der Waals surface area contributed by atoms with Gasteiger partial charge in [-0.1, -0.05) is 0 Å². The molecule has 236 valence electrons. The van der Waals surface area contributed by atoms with Crippen molar-refractivity contribution < 1.29 is 15.1 Å². The van der Waals surface area contributed by atoms with Crippen LogP contribution < -0.4 is 0 Å². The van der Waals surface area contributed by atoms with Gasteiger partial charge in [-0.05, 0) is 0 Å². The predicted molar refractivity (Wildman–Crippen MR) is 185 cm³/mol. The van der Waals surface area contributed by atoms with E-state index >= 15 is 0 Å². The molecule has 6 aliphatic rings. The summed E-state index contributed by atoms with van der Waals surface area (Å²) in [5, 5.41) is 0. The summed E-state index contributed by atoms with van der Waals surface area (Å²) in [6, 6.07) is 0. The fourth-order valence-electron chi connectivity index (χ4n) is 12.6. The van der Waals surface area contributed by atoms with Crippen molar-refractivity contribution in [3.05, 3.63) is 11.6 Å². The minimum atomic E-state index is -1.30. The molecule has 0 aromatic heterocycles. The van der Waals surface area contributed by atoms with Gasteiger partial charge in [0.15, 0.2) is 0 Å². The van der Waals surface area contributed by atoms with Gasteiger partial charge >= 0.3 is 268 Å². The summed E-state index contributed by atoms with van der Waals surface area (Å²) in [5.74, 6) is 0. The van der Waals surface area contributed by atoms with E-state index in [4.69, 9.17) is 19.4 Å². The molecule has 0 aliphatic heterocycles. The molecule has 6 aliphatic carbocycles. The van der Waals surface area contributed by atoms with Crippen molar-refractivity contribution in [1.82, 2.24) is 0 Å². The minimum absolute atomic E-state index is 0.346. The van der Waals surface area contributed by atoms with E-state index < -0.39 is 14.5 Å². The predicted octanol–water partition coefficient (Wildman–Crippen LogP) is 12.5. The van der Waals surface area contributed by atoms with Crippen molar-refractivity contribution >= 4 is 33.9 Å². The summed E-state index contributed by atoms with van der Waals surface area (Å²) in [7, 11) is 7.11. The van der Waals surface area contributed by atoms with Gasteiger partial charge in [0.25, 0.3) is 0 Å². The number of hydrogen-bond acceptors (Lipinski definition) is 0. The van der Waals surface area contributed by atoms with Crippen molar-refractivity contribution in [1.29, 1.82) is 0 Å². The zero-order valence-corrected chi connectivity index (χ0v) is 31.3. The molecule has 0 bridgehead atoms. The van der Waals surface area contributed by atoms with E-state index in [-0.39, 0.29) is 15.1 Å². The molecule has 0 aromatic rings. The van der Waals surface area contributed by atoms with E-state index in [0.29, 0.717) is 0 Å². The molecule has 5 heteroatoms. The van der Waals surface area contributed by atoms with Gasteiger partial charge in [-0.2, -0.15) is 0 Å². The molecule has 6 saturated carbocycles. The van der Waals surface area contributed by atoms with E-state index in [0.717, 1.165) is 0 Å². The second-order valence-electron chi connectivity index (χ2n) is 15.6. The fourth-order valence-corrected chi connectivity index (χ4v) is 29.2. The fraction of sp³-hybridized carbons (Fsp3) is 0.943. The molecule has 0 heterocycles. The van der Waals surface area contributed by atoms with Gasteiger partial charge in [-0.15, -0.1) is 0 Å². The molecule has 40 heavy (non-hydrogen) atoms. The number of hydrogen-bond donors (Lipinski definition) is 0. The van der Waals surface area contributed by atoms with Crippen LogP contribution in [0.25, 0.3) is 0 Å². The van der Waals surface area contributed by atoms with Crippen molar-refractivity contribution in [3.8, 4) is 0 Å². The molecule has 0 amide bonds. The Kier molecular flexibility index (Phi) is 13.6. The molecule has 0 spiro atoms. The van der Waals surface area contributed by atoms with Gasteiger partial charge in [0.05, 0.1) is 0 Å². The molecule has 6 rings (SSSR count). The zero-order valence-electron chi connectivity index (χ0n) is 26.0. The Balaban J connectivity index is 0.00000103. The Morgan fingerprint density at radius 3 is 0.975 bits per heavy atom. The molecule has 0 unspecified atom stereocenters. The first-order valence-corrected chi connectivity index (χ1v) is 27.5. The van der Waals surface area contributed by atoms with E-state index in [1.165, 1.54) is 34.0 Å². The number of allylic oxidation sites excluding steroid dienone is 2. The summed E-state index contributed by atoms with van der Waals surface area (Å²) in [4.78, 5) is 0. The topological polar surface area (TPSA) is 0 Å². The monoisotopic (exact) mass is 718 g/mol. The van der Waals surface area contributed by atoms with Crippen molar-refractivity contribution in [3.63, 3.8) is 0 Å². The third-order valence-electron chi connectivity index (χ3n) is 14.1. The first-order chi connectivity index (χ1) is 19.6. The molecular weight excluding hydrogens is 654 g/mol. The maximum absolute atomic E-state index is 4.85. The average Bonchev–Trinajstić information content (AvgIpc) is 3.84. The second-order valence-corrected chi connectivity index (χ2v) is 28.3. The van der Waals surface area contributed by atoms with Gasteiger partial charge in [0.1, 0.15) is 0 Å². The first kappa shape index (κ1) is 33.2. The second kappa shape index (κ2) is 16.4. The van der Waals surface area contributed by atoms with Gasteiger partial charge in [-0.25, -0.2) is 0 Å². The standard InChI is InChI=1S/C35H64P2.2ClH.Ru/c1-29(28-37(33-20-8-9-21-33,34-22-10-11-23-34)35-24-12-13-25-35)26-27-36(30-14-2-3-15-30,31-16-4-5-17-31)32-18-6-7-19-32;;;/h26,30-37H,2-25,27-28H2,1H3;2*1H;/q;;;+2/p-2. The molecular formula is C35H64Cl2P2Ru. The van der Waals surface area contributed by atoms with Crippen molar-refractivity contribution in [2.45, 2.75) is 195 Å². The summed E-state index contributed by atoms with van der Waals surface area (Å²) in [5.41, 5.74) is 9.14. The molecule has 0 saturated heterocycles. The summed E-state index contributed by atoms with van der Waals surface area (Å²) < 4.78 is 0. The molecule has 0 atom stereocenters. The summed E-state index contributed by atoms with van der Waals surface area (Å²) >= 11 is -0.346. The van der Waals surface area contributed by atoms with Crippen molar-refractivity contribution in [2.75, 3.05) is 12.3 Å². The van der Waals surface area contributed by atoms with E-state index in [2.05, 4.69) is 13.0 Å². The van der Waals surface area contributed by atoms with E-state index in [9.17, 15) is 0 Å². The Hall–Kier alpha value is 1.80. The van der Waals surface area contributed by atoms with Crippen LogP contribution in [0.15, 0.2) is 11.6 Å². The quantitative estimate of drug-likeness (QED) is 0.120. The number of rotatable bonds is 10. The Morgan fingerprint density at radius 2 is 0.725 bits per heavy atom. The van der Waals surface area contributed by atoms with Crippen LogP contribution in [-0.2, 0) is 15.1 Å². The SMILES string of the molecule is CC(=CC[PH](C1CCCC1)(C1CCCC1)C1CCCC1)C[PH](C1CCCC1)(C1CCCC1)C1CCCC1.[Cl][Ru][Cl]. The van der Waals surface area contributed by atoms with Gasteiger partial charge in [0.2, 0.25) is 0 Å². The van der Waals surface area contributed by atoms with Crippen LogP contribution in [0.3, 0.4) is 0 Å².